The van der Waals surface area contributed by atoms with Crippen molar-refractivity contribution in [1.29, 1.82) is 0 Å². The number of para-hydroxylation sites is 1. The number of ether oxygens (including phenoxy) is 1. The minimum Gasteiger partial charge on any atom is -0.381 e. The van der Waals surface area contributed by atoms with Gasteiger partial charge in [-0.3, -0.25) is 4.98 Å². The van der Waals surface area contributed by atoms with E-state index in [4.69, 9.17) is 4.74 Å². The molecule has 1 heterocycles. The predicted molar refractivity (Wildman–Crippen MR) is 91.6 cm³/mol. The highest BCUT2D eigenvalue weighted by atomic mass is 16.5. The van der Waals surface area contributed by atoms with Crippen molar-refractivity contribution in [2.45, 2.75) is 52.4 Å². The summed E-state index contributed by atoms with van der Waals surface area (Å²) < 4.78 is 5.44. The molecular weight excluding hydrogens is 258 g/mol. The molecule has 0 unspecified atom stereocenters. The van der Waals surface area contributed by atoms with E-state index < -0.39 is 0 Å². The summed E-state index contributed by atoms with van der Waals surface area (Å²) in [6.45, 7) is 6.38. The fraction of sp³-hybridized carbons (Fsp3) is 0.526. The first-order chi connectivity index (χ1) is 10.4. The van der Waals surface area contributed by atoms with E-state index in [9.17, 15) is 0 Å². The van der Waals surface area contributed by atoms with E-state index >= 15 is 0 Å². The van der Waals surface area contributed by atoms with E-state index in [-0.39, 0.29) is 0 Å². The molecule has 2 heteroatoms. The van der Waals surface area contributed by atoms with Crippen molar-refractivity contribution in [3.8, 4) is 0 Å². The number of fused-ring (bicyclic) bond motifs is 1. The van der Waals surface area contributed by atoms with Crippen LogP contribution < -0.4 is 0 Å². The summed E-state index contributed by atoms with van der Waals surface area (Å²) in [7, 11) is 0. The summed E-state index contributed by atoms with van der Waals surface area (Å²) in [5, 5.41) is 1.20. The van der Waals surface area contributed by atoms with Gasteiger partial charge in [-0.05, 0) is 25.0 Å². The second-order valence-corrected chi connectivity index (χ2v) is 5.22. The Morgan fingerprint density at radius 1 is 0.810 bits per heavy atom. The van der Waals surface area contributed by atoms with Crippen LogP contribution in [0.1, 0.15) is 52.4 Å². The highest BCUT2D eigenvalue weighted by Crippen LogP contribution is 2.07. The summed E-state index contributed by atoms with van der Waals surface area (Å²) in [5.74, 6) is 0. The zero-order chi connectivity index (χ0) is 15.2. The largest absolute Gasteiger partial charge is 0.381 e. The molecule has 0 bridgehead atoms. The van der Waals surface area contributed by atoms with Gasteiger partial charge in [0.15, 0.2) is 0 Å². The van der Waals surface area contributed by atoms with Gasteiger partial charge in [-0.2, -0.15) is 0 Å². The topological polar surface area (TPSA) is 22.1 Å². The number of benzene rings is 1. The quantitative estimate of drug-likeness (QED) is 0.588. The lowest BCUT2D eigenvalue weighted by atomic mass is 10.2. The molecule has 21 heavy (non-hydrogen) atoms. The van der Waals surface area contributed by atoms with Crippen molar-refractivity contribution in [2.24, 2.45) is 0 Å². The summed E-state index contributed by atoms with van der Waals surface area (Å²) in [5.41, 5.74) is 1.06. The molecule has 0 radical (unpaired) electrons. The number of aromatic nitrogens is 1. The van der Waals surface area contributed by atoms with Gasteiger partial charge >= 0.3 is 0 Å². The van der Waals surface area contributed by atoms with E-state index in [2.05, 4.69) is 31.0 Å². The summed E-state index contributed by atoms with van der Waals surface area (Å²) in [4.78, 5) is 4.18. The summed E-state index contributed by atoms with van der Waals surface area (Å²) >= 11 is 0. The smallest absolute Gasteiger partial charge is 0.0701 e. The zero-order valence-corrected chi connectivity index (χ0v) is 13.6. The van der Waals surface area contributed by atoms with Crippen LogP contribution in [0.5, 0.6) is 0 Å². The molecule has 0 N–H and O–H groups in total. The van der Waals surface area contributed by atoms with Crippen LogP contribution in [0.25, 0.3) is 10.9 Å². The Hall–Kier alpha value is -1.41. The van der Waals surface area contributed by atoms with Crippen LogP contribution in [0.2, 0.25) is 0 Å². The van der Waals surface area contributed by atoms with Gasteiger partial charge < -0.3 is 4.74 Å². The van der Waals surface area contributed by atoms with E-state index in [0.29, 0.717) is 0 Å². The van der Waals surface area contributed by atoms with Gasteiger partial charge in [0, 0.05) is 24.8 Å². The SMILES string of the molecule is CCCCCOCCCCC.c1ccc2ncccc2c1. The van der Waals surface area contributed by atoms with Crippen molar-refractivity contribution in [1.82, 2.24) is 4.98 Å². The average Bonchev–Trinajstić information content (AvgIpc) is 2.55. The molecule has 0 atom stereocenters. The first kappa shape index (κ1) is 17.6. The lowest BCUT2D eigenvalue weighted by molar-refractivity contribution is 0.126. The third-order valence-corrected chi connectivity index (χ3v) is 3.30. The maximum absolute atomic E-state index is 5.44. The molecule has 2 nitrogen and oxygen atoms in total. The second kappa shape index (κ2) is 12.3. The van der Waals surface area contributed by atoms with Crippen LogP contribution >= 0.6 is 0 Å². The van der Waals surface area contributed by atoms with E-state index in [1.54, 1.807) is 0 Å². The van der Waals surface area contributed by atoms with Gasteiger partial charge in [0.2, 0.25) is 0 Å². The Morgan fingerprint density at radius 3 is 2.05 bits per heavy atom. The zero-order valence-electron chi connectivity index (χ0n) is 13.6. The van der Waals surface area contributed by atoms with Crippen molar-refractivity contribution in [3.05, 3.63) is 42.6 Å². The van der Waals surface area contributed by atoms with Crippen molar-refractivity contribution >= 4 is 10.9 Å². The fourth-order valence-electron chi connectivity index (χ4n) is 2.03. The van der Waals surface area contributed by atoms with Crippen LogP contribution in [0, 0.1) is 0 Å². The van der Waals surface area contributed by atoms with Crippen LogP contribution in [0.3, 0.4) is 0 Å². The predicted octanol–water partition coefficient (Wildman–Crippen LogP) is 5.62. The average molecular weight is 287 g/mol. The number of hydrogen-bond donors (Lipinski definition) is 0. The number of nitrogens with zero attached hydrogens (tertiary/aromatic N) is 1. The minimum atomic E-state index is 0.970. The number of pyridine rings is 1. The first-order valence-corrected chi connectivity index (χ1v) is 8.26. The minimum absolute atomic E-state index is 0.970. The molecule has 0 amide bonds. The first-order valence-electron chi connectivity index (χ1n) is 8.26. The van der Waals surface area contributed by atoms with Gasteiger partial charge in [-0.15, -0.1) is 0 Å². The van der Waals surface area contributed by atoms with Gasteiger partial charge in [0.1, 0.15) is 0 Å². The molecule has 0 saturated heterocycles. The highest BCUT2D eigenvalue weighted by molar-refractivity contribution is 5.77. The monoisotopic (exact) mass is 287 g/mol. The fourth-order valence-corrected chi connectivity index (χ4v) is 2.03. The van der Waals surface area contributed by atoms with Crippen molar-refractivity contribution in [2.75, 3.05) is 13.2 Å². The maximum atomic E-state index is 5.44. The van der Waals surface area contributed by atoms with Crippen LogP contribution in [0.15, 0.2) is 42.6 Å². The molecular formula is C19H29NO. The Labute approximate surface area is 129 Å². The molecule has 0 aliphatic heterocycles. The van der Waals surface area contributed by atoms with Gasteiger partial charge in [0.05, 0.1) is 5.52 Å². The highest BCUT2D eigenvalue weighted by Gasteiger charge is 1.88. The lowest BCUT2D eigenvalue weighted by Gasteiger charge is -2.01. The Kier molecular flexibility index (Phi) is 10.4. The Balaban J connectivity index is 0.000000210. The molecule has 116 valence electrons. The number of hydrogen-bond acceptors (Lipinski definition) is 2. The van der Waals surface area contributed by atoms with Crippen molar-refractivity contribution < 1.29 is 4.74 Å². The second-order valence-electron chi connectivity index (χ2n) is 5.22. The molecule has 0 fully saturated rings. The molecule has 0 saturated carbocycles. The third kappa shape index (κ3) is 8.46. The van der Waals surface area contributed by atoms with Crippen molar-refractivity contribution in [3.63, 3.8) is 0 Å². The molecule has 2 aromatic rings. The molecule has 0 spiro atoms. The summed E-state index contributed by atoms with van der Waals surface area (Å²) in [6, 6.07) is 12.1. The van der Waals surface area contributed by atoms with Crippen LogP contribution in [0.4, 0.5) is 0 Å². The standard InChI is InChI=1S/C10H22O.C9H7N/c1-3-5-7-9-11-10-8-6-4-2;1-2-6-9-8(4-1)5-3-7-10-9/h3-10H2,1-2H3;1-7H. The lowest BCUT2D eigenvalue weighted by Crippen LogP contribution is -1.96. The van der Waals surface area contributed by atoms with E-state index in [1.165, 1.54) is 43.9 Å². The normalized spacial score (nSPS) is 10.2. The Morgan fingerprint density at radius 2 is 1.43 bits per heavy atom. The summed E-state index contributed by atoms with van der Waals surface area (Å²) in [6.07, 6.45) is 9.49. The molecule has 1 aromatic heterocycles. The van der Waals surface area contributed by atoms with Gasteiger partial charge in [0.25, 0.3) is 0 Å². The molecule has 0 aliphatic rings. The van der Waals surface area contributed by atoms with Gasteiger partial charge in [-0.1, -0.05) is 63.8 Å². The number of rotatable bonds is 8. The van der Waals surface area contributed by atoms with E-state index in [0.717, 1.165) is 18.7 Å². The van der Waals surface area contributed by atoms with Crippen LogP contribution in [-0.2, 0) is 4.74 Å². The molecule has 2 rings (SSSR count). The maximum Gasteiger partial charge on any atom is 0.0701 e. The Bertz CT molecular complexity index is 396. The molecule has 1 aromatic carbocycles. The number of unbranched alkanes of at least 4 members (excludes halogenated alkanes) is 4. The van der Waals surface area contributed by atoms with E-state index in [1.807, 2.05) is 30.5 Å². The van der Waals surface area contributed by atoms with Gasteiger partial charge in [-0.25, -0.2) is 0 Å². The van der Waals surface area contributed by atoms with Crippen LogP contribution in [-0.4, -0.2) is 18.2 Å². The third-order valence-electron chi connectivity index (χ3n) is 3.30. The molecule has 0 aliphatic carbocycles.